The third-order valence-corrected chi connectivity index (χ3v) is 3.75. The number of fused-ring (bicyclic) bond motifs is 1. The fraction of sp³-hybridized carbons (Fsp3) is 0.455. The van der Waals surface area contributed by atoms with E-state index in [0.29, 0.717) is 18.6 Å². The lowest BCUT2D eigenvalue weighted by Crippen LogP contribution is -2.15. The molecule has 0 spiro atoms. The van der Waals surface area contributed by atoms with Crippen molar-refractivity contribution in [2.24, 2.45) is 5.73 Å². The van der Waals surface area contributed by atoms with Crippen LogP contribution in [0.15, 0.2) is 23.1 Å². The molecule has 0 radical (unpaired) electrons. The van der Waals surface area contributed by atoms with Crippen molar-refractivity contribution in [1.29, 1.82) is 0 Å². The Labute approximate surface area is 93.9 Å². The largest absolute Gasteiger partial charge is 0.454 e. The summed E-state index contributed by atoms with van der Waals surface area (Å²) in [5.41, 5.74) is 5.67. The zero-order valence-corrected chi connectivity index (χ0v) is 9.55. The van der Waals surface area contributed by atoms with Crippen LogP contribution < -0.4 is 15.2 Å². The van der Waals surface area contributed by atoms with Gasteiger partial charge < -0.3 is 15.2 Å². The van der Waals surface area contributed by atoms with Crippen LogP contribution in [0.1, 0.15) is 13.3 Å². The average Bonchev–Trinajstić information content (AvgIpc) is 2.73. The highest BCUT2D eigenvalue weighted by molar-refractivity contribution is 8.00. The molecule has 0 aliphatic carbocycles. The van der Waals surface area contributed by atoms with Gasteiger partial charge in [-0.1, -0.05) is 6.92 Å². The molecule has 1 heterocycles. The van der Waals surface area contributed by atoms with Crippen molar-refractivity contribution in [3.63, 3.8) is 0 Å². The summed E-state index contributed by atoms with van der Waals surface area (Å²) in [6.45, 7) is 3.19. The maximum absolute atomic E-state index is 5.67. The first-order valence-corrected chi connectivity index (χ1v) is 5.97. The normalized spacial score (nSPS) is 15.3. The van der Waals surface area contributed by atoms with Gasteiger partial charge in [-0.3, -0.25) is 0 Å². The number of hydrogen-bond acceptors (Lipinski definition) is 4. The zero-order chi connectivity index (χ0) is 10.7. The van der Waals surface area contributed by atoms with Crippen molar-refractivity contribution >= 4 is 11.8 Å². The molecule has 1 aromatic carbocycles. The van der Waals surface area contributed by atoms with E-state index in [2.05, 4.69) is 13.0 Å². The van der Waals surface area contributed by atoms with Gasteiger partial charge in [-0.15, -0.1) is 11.8 Å². The van der Waals surface area contributed by atoms with E-state index < -0.39 is 0 Å². The summed E-state index contributed by atoms with van der Waals surface area (Å²) >= 11 is 1.79. The first kappa shape index (κ1) is 10.6. The molecule has 2 N–H and O–H groups in total. The average molecular weight is 225 g/mol. The second-order valence-electron chi connectivity index (χ2n) is 3.40. The van der Waals surface area contributed by atoms with E-state index in [1.54, 1.807) is 11.8 Å². The van der Waals surface area contributed by atoms with Crippen molar-refractivity contribution in [2.45, 2.75) is 23.5 Å². The number of ether oxygens (including phenoxy) is 2. The van der Waals surface area contributed by atoms with Crippen LogP contribution in [0.3, 0.4) is 0 Å². The maximum atomic E-state index is 5.67. The molecule has 15 heavy (non-hydrogen) atoms. The van der Waals surface area contributed by atoms with E-state index in [-0.39, 0.29) is 0 Å². The highest BCUT2D eigenvalue weighted by Crippen LogP contribution is 2.36. The fourth-order valence-electron chi connectivity index (χ4n) is 1.44. The van der Waals surface area contributed by atoms with Crippen LogP contribution in [0.25, 0.3) is 0 Å². The molecule has 2 rings (SSSR count). The number of nitrogens with two attached hydrogens (primary N) is 1. The molecule has 0 fully saturated rings. The van der Waals surface area contributed by atoms with E-state index in [9.17, 15) is 0 Å². The second-order valence-corrected chi connectivity index (χ2v) is 4.77. The Hall–Kier alpha value is -0.870. The van der Waals surface area contributed by atoms with E-state index in [1.165, 1.54) is 4.90 Å². The van der Waals surface area contributed by atoms with Gasteiger partial charge in [0.15, 0.2) is 11.5 Å². The third kappa shape index (κ3) is 2.38. The van der Waals surface area contributed by atoms with Crippen molar-refractivity contribution in [1.82, 2.24) is 0 Å². The minimum absolute atomic E-state index is 0.331. The molecule has 1 aliphatic rings. The van der Waals surface area contributed by atoms with Crippen LogP contribution >= 0.6 is 11.8 Å². The monoisotopic (exact) mass is 225 g/mol. The Morgan fingerprint density at radius 1 is 1.40 bits per heavy atom. The Kier molecular flexibility index (Phi) is 3.38. The minimum Gasteiger partial charge on any atom is -0.454 e. The molecule has 0 saturated carbocycles. The lowest BCUT2D eigenvalue weighted by atomic mass is 10.3. The molecule has 1 aliphatic heterocycles. The van der Waals surface area contributed by atoms with Gasteiger partial charge in [0, 0.05) is 16.7 Å². The van der Waals surface area contributed by atoms with Crippen LogP contribution in [-0.2, 0) is 0 Å². The predicted octanol–water partition coefficient (Wildman–Crippen LogP) is 2.24. The number of rotatable bonds is 4. The van der Waals surface area contributed by atoms with Crippen molar-refractivity contribution < 1.29 is 9.47 Å². The van der Waals surface area contributed by atoms with Crippen molar-refractivity contribution in [3.8, 4) is 11.5 Å². The molecule has 1 unspecified atom stereocenters. The predicted molar refractivity (Wildman–Crippen MR) is 61.6 cm³/mol. The summed E-state index contributed by atoms with van der Waals surface area (Å²) < 4.78 is 10.6. The quantitative estimate of drug-likeness (QED) is 0.798. The molecule has 0 saturated heterocycles. The first-order chi connectivity index (χ1) is 7.33. The van der Waals surface area contributed by atoms with Crippen LogP contribution in [0.4, 0.5) is 0 Å². The molecular formula is C11H15NO2S. The molecular weight excluding hydrogens is 210 g/mol. The molecule has 1 atom stereocenters. The van der Waals surface area contributed by atoms with Gasteiger partial charge in [0.05, 0.1) is 0 Å². The molecule has 4 heteroatoms. The van der Waals surface area contributed by atoms with Crippen LogP contribution in [0.2, 0.25) is 0 Å². The zero-order valence-electron chi connectivity index (χ0n) is 8.73. The van der Waals surface area contributed by atoms with Gasteiger partial charge in [-0.05, 0) is 24.6 Å². The smallest absolute Gasteiger partial charge is 0.231 e. The van der Waals surface area contributed by atoms with E-state index in [1.807, 2.05) is 12.1 Å². The lowest BCUT2D eigenvalue weighted by Gasteiger charge is -2.11. The van der Waals surface area contributed by atoms with Crippen LogP contribution in [0.5, 0.6) is 11.5 Å². The lowest BCUT2D eigenvalue weighted by molar-refractivity contribution is 0.174. The van der Waals surface area contributed by atoms with E-state index >= 15 is 0 Å². The molecule has 0 amide bonds. The Morgan fingerprint density at radius 2 is 2.20 bits per heavy atom. The molecule has 1 aromatic rings. The van der Waals surface area contributed by atoms with Crippen molar-refractivity contribution in [3.05, 3.63) is 18.2 Å². The summed E-state index contributed by atoms with van der Waals surface area (Å²) in [7, 11) is 0. The van der Waals surface area contributed by atoms with Gasteiger partial charge in [-0.25, -0.2) is 0 Å². The molecule has 3 nitrogen and oxygen atoms in total. The SMILES string of the molecule is CCC(CN)Sc1ccc2c(c1)OCO2. The fourth-order valence-corrected chi connectivity index (χ4v) is 2.41. The van der Waals surface area contributed by atoms with Crippen LogP contribution in [-0.4, -0.2) is 18.6 Å². The number of benzene rings is 1. The first-order valence-electron chi connectivity index (χ1n) is 5.10. The highest BCUT2D eigenvalue weighted by Gasteiger charge is 2.14. The third-order valence-electron chi connectivity index (χ3n) is 2.37. The highest BCUT2D eigenvalue weighted by atomic mass is 32.2. The topological polar surface area (TPSA) is 44.5 Å². The summed E-state index contributed by atoms with van der Waals surface area (Å²) in [4.78, 5) is 1.19. The van der Waals surface area contributed by atoms with Gasteiger partial charge in [0.2, 0.25) is 6.79 Å². The van der Waals surface area contributed by atoms with Gasteiger partial charge in [0.25, 0.3) is 0 Å². The molecule has 82 valence electrons. The van der Waals surface area contributed by atoms with Crippen LogP contribution in [0, 0.1) is 0 Å². The minimum atomic E-state index is 0.331. The summed E-state index contributed by atoms with van der Waals surface area (Å²) in [5.74, 6) is 1.67. The summed E-state index contributed by atoms with van der Waals surface area (Å²) in [6.07, 6.45) is 1.08. The Bertz CT molecular complexity index is 339. The molecule has 0 aromatic heterocycles. The van der Waals surface area contributed by atoms with Gasteiger partial charge >= 0.3 is 0 Å². The summed E-state index contributed by atoms with van der Waals surface area (Å²) in [6, 6.07) is 6.02. The number of hydrogen-bond donors (Lipinski definition) is 1. The van der Waals surface area contributed by atoms with E-state index in [4.69, 9.17) is 15.2 Å². The Balaban J connectivity index is 2.09. The van der Waals surface area contributed by atoms with Crippen molar-refractivity contribution in [2.75, 3.05) is 13.3 Å². The standard InChI is InChI=1S/C11H15NO2S/c1-2-8(6-12)15-9-3-4-10-11(5-9)14-7-13-10/h3-5,8H,2,6-7,12H2,1H3. The summed E-state index contributed by atoms with van der Waals surface area (Å²) in [5, 5.41) is 0.477. The molecule has 0 bridgehead atoms. The number of thioether (sulfide) groups is 1. The second kappa shape index (κ2) is 4.77. The van der Waals surface area contributed by atoms with Gasteiger partial charge in [0.1, 0.15) is 0 Å². The van der Waals surface area contributed by atoms with E-state index in [0.717, 1.165) is 17.9 Å². The maximum Gasteiger partial charge on any atom is 0.231 e. The Morgan fingerprint density at radius 3 is 2.93 bits per heavy atom. The van der Waals surface area contributed by atoms with Gasteiger partial charge in [-0.2, -0.15) is 0 Å².